The molecule has 2 rings (SSSR count). The van der Waals surface area contributed by atoms with Crippen LogP contribution >= 0.6 is 11.1 Å². The number of benzene rings is 2. The maximum Gasteiger partial charge on any atom is 0.125 e. The van der Waals surface area contributed by atoms with Gasteiger partial charge in [0.1, 0.15) is 8.83 Å². The molecule has 0 aromatic heterocycles. The summed E-state index contributed by atoms with van der Waals surface area (Å²) in [7, 11) is -0.114. The van der Waals surface area contributed by atoms with Crippen LogP contribution in [0.3, 0.4) is 0 Å². The molecule has 0 radical (unpaired) electrons. The Hall–Kier alpha value is -2.09. The van der Waals surface area contributed by atoms with Crippen molar-refractivity contribution in [2.24, 2.45) is 0 Å². The van der Waals surface area contributed by atoms with Crippen LogP contribution in [0.15, 0.2) is 74.8 Å². The maximum atomic E-state index is 5.44. The minimum absolute atomic E-state index is 0.114. The Morgan fingerprint density at radius 3 is 1.00 bits per heavy atom. The molecule has 2 aromatic carbocycles. The molecule has 0 spiro atoms. The van der Waals surface area contributed by atoms with Gasteiger partial charge in [0, 0.05) is 0 Å². The van der Waals surface area contributed by atoms with Crippen molar-refractivity contribution in [2.75, 3.05) is 0 Å². The number of hydrogen-bond acceptors (Lipinski definition) is 0. The molecule has 25 heavy (non-hydrogen) atoms. The summed E-state index contributed by atoms with van der Waals surface area (Å²) in [4.78, 5) is 0. The molecule has 2 aromatic rings. The van der Waals surface area contributed by atoms with E-state index >= 15 is 0 Å². The molecule has 0 nitrogen and oxygen atoms in total. The molecule has 0 aliphatic rings. The van der Waals surface area contributed by atoms with Crippen molar-refractivity contribution in [1.82, 2.24) is 0 Å². The Kier molecular flexibility index (Phi) is 14.1. The molecule has 0 unspecified atom stereocenters. The van der Waals surface area contributed by atoms with Gasteiger partial charge in [0.2, 0.25) is 0 Å². The predicted octanol–water partition coefficient (Wildman–Crippen LogP) is 7.08. The lowest BCUT2D eigenvalue weighted by Crippen LogP contribution is -1.71. The van der Waals surface area contributed by atoms with Crippen LogP contribution in [0.2, 0.25) is 6.04 Å². The normalized spacial score (nSPS) is 9.20. The molecule has 2 heteroatoms. The highest BCUT2D eigenvalue weighted by Crippen LogP contribution is 2.06. The third-order valence-electron chi connectivity index (χ3n) is 3.30. The van der Waals surface area contributed by atoms with Crippen LogP contribution in [0.1, 0.15) is 35.6 Å². The summed E-state index contributed by atoms with van der Waals surface area (Å²) < 4.78 is 0. The topological polar surface area (TPSA) is 0 Å². The first-order chi connectivity index (χ1) is 12.1. The zero-order valence-corrected chi connectivity index (χ0v) is 17.4. The van der Waals surface area contributed by atoms with Gasteiger partial charge in [-0.1, -0.05) is 112 Å². The van der Waals surface area contributed by atoms with Crippen LogP contribution in [-0.4, -0.2) is 8.83 Å². The smallest absolute Gasteiger partial charge is 0.125 e. The highest BCUT2D eigenvalue weighted by atomic mass is 35.6. The lowest BCUT2D eigenvalue weighted by molar-refractivity contribution is 1.08. The lowest BCUT2D eigenvalue weighted by atomic mass is 10.1. The van der Waals surface area contributed by atoms with Crippen LogP contribution in [0.25, 0.3) is 24.3 Å². The Balaban J connectivity index is 0.000000368. The summed E-state index contributed by atoms with van der Waals surface area (Å²) >= 11 is 5.44. The van der Waals surface area contributed by atoms with Gasteiger partial charge >= 0.3 is 0 Å². The third-order valence-corrected chi connectivity index (χ3v) is 5.08. The Labute approximate surface area is 160 Å². The van der Waals surface area contributed by atoms with Crippen molar-refractivity contribution < 1.29 is 0 Å². The van der Waals surface area contributed by atoms with Gasteiger partial charge in [0.05, 0.1) is 0 Å². The standard InChI is InChI=1S/2C10H10.C3H9ClSi/c2*1-3-9-5-7-10(4-2)8-6-9;1-2-3-5-4/h2*3-8H,1-2H2;2-3,5H2,1H3. The molecular formula is C23H29ClSi. The van der Waals surface area contributed by atoms with E-state index in [0.29, 0.717) is 0 Å². The van der Waals surface area contributed by atoms with Gasteiger partial charge in [-0.25, -0.2) is 0 Å². The van der Waals surface area contributed by atoms with E-state index in [1.807, 2.05) is 72.8 Å². The summed E-state index contributed by atoms with van der Waals surface area (Å²) in [6.45, 7) is 16.8. The zero-order valence-electron chi connectivity index (χ0n) is 15.3. The molecule has 0 fully saturated rings. The van der Waals surface area contributed by atoms with Crippen molar-refractivity contribution in [2.45, 2.75) is 19.4 Å². The average molecular weight is 369 g/mol. The fourth-order valence-electron chi connectivity index (χ4n) is 1.67. The molecule has 132 valence electrons. The van der Waals surface area contributed by atoms with Crippen LogP contribution in [-0.2, 0) is 0 Å². The van der Waals surface area contributed by atoms with Crippen LogP contribution in [0, 0.1) is 0 Å². The first-order valence-electron chi connectivity index (χ1n) is 8.40. The van der Waals surface area contributed by atoms with Crippen LogP contribution < -0.4 is 0 Å². The number of halogens is 1. The lowest BCUT2D eigenvalue weighted by Gasteiger charge is -1.92. The Bertz CT molecular complexity index is 513. The number of hydrogen-bond donors (Lipinski definition) is 0. The van der Waals surface area contributed by atoms with Gasteiger partial charge in [-0.2, -0.15) is 11.1 Å². The quantitative estimate of drug-likeness (QED) is 0.377. The van der Waals surface area contributed by atoms with Gasteiger partial charge in [-0.3, -0.25) is 0 Å². The van der Waals surface area contributed by atoms with Gasteiger partial charge in [0.25, 0.3) is 0 Å². The minimum Gasteiger partial charge on any atom is -0.176 e. The largest absolute Gasteiger partial charge is 0.176 e. The monoisotopic (exact) mass is 368 g/mol. The molecular weight excluding hydrogens is 340 g/mol. The SMILES string of the molecule is C=Cc1ccc(C=C)cc1.C=Cc1ccc(C=C)cc1.CCC[SiH2]Cl. The summed E-state index contributed by atoms with van der Waals surface area (Å²) in [5.41, 5.74) is 4.58. The predicted molar refractivity (Wildman–Crippen MR) is 123 cm³/mol. The van der Waals surface area contributed by atoms with E-state index in [2.05, 4.69) is 33.2 Å². The Morgan fingerprint density at radius 1 is 0.680 bits per heavy atom. The number of rotatable bonds is 6. The molecule has 0 atom stereocenters. The van der Waals surface area contributed by atoms with E-state index in [1.54, 1.807) is 0 Å². The van der Waals surface area contributed by atoms with Crippen LogP contribution in [0.4, 0.5) is 0 Å². The fourth-order valence-corrected chi connectivity index (χ4v) is 2.74. The first kappa shape index (κ1) is 22.9. The Morgan fingerprint density at radius 2 is 0.920 bits per heavy atom. The van der Waals surface area contributed by atoms with Crippen molar-refractivity contribution in [3.63, 3.8) is 0 Å². The summed E-state index contributed by atoms with van der Waals surface area (Å²) in [5.74, 6) is 0. The zero-order chi connectivity index (χ0) is 18.9. The first-order valence-corrected chi connectivity index (χ1v) is 11.5. The van der Waals surface area contributed by atoms with E-state index in [0.717, 1.165) is 22.3 Å². The molecule has 0 saturated carbocycles. The van der Waals surface area contributed by atoms with Gasteiger partial charge in [0.15, 0.2) is 0 Å². The third kappa shape index (κ3) is 11.1. The van der Waals surface area contributed by atoms with Crippen molar-refractivity contribution in [3.8, 4) is 0 Å². The molecule has 0 heterocycles. The molecule has 0 saturated heterocycles. The molecule has 0 bridgehead atoms. The van der Waals surface area contributed by atoms with E-state index in [-0.39, 0.29) is 8.83 Å². The highest BCUT2D eigenvalue weighted by Gasteiger charge is 1.85. The van der Waals surface area contributed by atoms with Crippen molar-refractivity contribution >= 4 is 44.2 Å². The van der Waals surface area contributed by atoms with E-state index in [1.165, 1.54) is 12.5 Å². The van der Waals surface area contributed by atoms with E-state index in [9.17, 15) is 0 Å². The maximum absolute atomic E-state index is 5.44. The second-order valence-electron chi connectivity index (χ2n) is 5.19. The average Bonchev–Trinajstić information content (AvgIpc) is 2.69. The highest BCUT2D eigenvalue weighted by molar-refractivity contribution is 6.93. The summed E-state index contributed by atoms with van der Waals surface area (Å²) in [5, 5.41) is 0. The molecule has 0 N–H and O–H groups in total. The molecule has 0 aliphatic carbocycles. The van der Waals surface area contributed by atoms with E-state index < -0.39 is 0 Å². The van der Waals surface area contributed by atoms with Crippen molar-refractivity contribution in [1.29, 1.82) is 0 Å². The van der Waals surface area contributed by atoms with Crippen molar-refractivity contribution in [3.05, 3.63) is 97.1 Å². The fraction of sp³-hybridized carbons (Fsp3) is 0.130. The molecule has 0 amide bonds. The van der Waals surface area contributed by atoms with Gasteiger partial charge in [-0.05, 0) is 28.3 Å². The van der Waals surface area contributed by atoms with Crippen LogP contribution in [0.5, 0.6) is 0 Å². The van der Waals surface area contributed by atoms with Gasteiger partial charge in [-0.15, -0.1) is 0 Å². The molecule has 0 aliphatic heterocycles. The van der Waals surface area contributed by atoms with E-state index in [4.69, 9.17) is 11.1 Å². The second kappa shape index (κ2) is 15.4. The van der Waals surface area contributed by atoms with Gasteiger partial charge < -0.3 is 0 Å². The second-order valence-corrected chi connectivity index (χ2v) is 7.41. The summed E-state index contributed by atoms with van der Waals surface area (Å²) in [6, 6.07) is 17.4. The minimum atomic E-state index is -0.114. The summed E-state index contributed by atoms with van der Waals surface area (Å²) in [6.07, 6.45) is 8.58.